The molecule has 4 nitrogen and oxygen atoms in total. The van der Waals surface area contributed by atoms with Crippen LogP contribution in [0.3, 0.4) is 0 Å². The topological polar surface area (TPSA) is 47.3 Å². The van der Waals surface area contributed by atoms with Crippen LogP contribution >= 0.6 is 0 Å². The van der Waals surface area contributed by atoms with E-state index in [9.17, 15) is 5.11 Å². The lowest BCUT2D eigenvalue weighted by Gasteiger charge is -2.14. The van der Waals surface area contributed by atoms with Crippen molar-refractivity contribution in [3.8, 4) is 5.75 Å². The number of imidazole rings is 1. The summed E-state index contributed by atoms with van der Waals surface area (Å²) in [6.45, 7) is 3.26. The molecule has 0 aliphatic rings. The SMILES string of the molecule is CCOc1ccc([C@H](O)c2nccn2Cc2ccccc2)cc1. The first kappa shape index (κ1) is 15.3. The largest absolute Gasteiger partial charge is 0.494 e. The third-order valence-corrected chi connectivity index (χ3v) is 3.69. The molecule has 118 valence electrons. The first-order valence-corrected chi connectivity index (χ1v) is 7.73. The summed E-state index contributed by atoms with van der Waals surface area (Å²) in [5.41, 5.74) is 1.97. The van der Waals surface area contributed by atoms with Gasteiger partial charge in [-0.1, -0.05) is 42.5 Å². The summed E-state index contributed by atoms with van der Waals surface area (Å²) in [7, 11) is 0. The molecule has 1 N–H and O–H groups in total. The molecule has 2 aromatic carbocycles. The predicted molar refractivity (Wildman–Crippen MR) is 89.4 cm³/mol. The fourth-order valence-corrected chi connectivity index (χ4v) is 2.54. The molecule has 0 saturated heterocycles. The van der Waals surface area contributed by atoms with Gasteiger partial charge in [-0.05, 0) is 30.2 Å². The van der Waals surface area contributed by atoms with Gasteiger partial charge in [0, 0.05) is 18.9 Å². The highest BCUT2D eigenvalue weighted by molar-refractivity contribution is 5.31. The van der Waals surface area contributed by atoms with Crippen LogP contribution in [0.25, 0.3) is 0 Å². The minimum absolute atomic E-state index is 0.628. The van der Waals surface area contributed by atoms with E-state index in [0.29, 0.717) is 19.0 Å². The minimum Gasteiger partial charge on any atom is -0.494 e. The van der Waals surface area contributed by atoms with Crippen LogP contribution in [0.4, 0.5) is 0 Å². The lowest BCUT2D eigenvalue weighted by Crippen LogP contribution is -2.10. The van der Waals surface area contributed by atoms with Crippen molar-refractivity contribution < 1.29 is 9.84 Å². The van der Waals surface area contributed by atoms with Crippen molar-refractivity contribution in [3.05, 3.63) is 83.9 Å². The van der Waals surface area contributed by atoms with E-state index < -0.39 is 6.10 Å². The Kier molecular flexibility index (Phi) is 4.74. The fraction of sp³-hybridized carbons (Fsp3) is 0.211. The van der Waals surface area contributed by atoms with Gasteiger partial charge in [-0.3, -0.25) is 0 Å². The quantitative estimate of drug-likeness (QED) is 0.759. The second kappa shape index (κ2) is 7.11. The predicted octanol–water partition coefficient (Wildman–Crippen LogP) is 3.41. The van der Waals surface area contributed by atoms with Crippen LogP contribution in [0.1, 0.15) is 30.0 Å². The number of ether oxygens (including phenoxy) is 1. The molecule has 1 atom stereocenters. The molecule has 0 aliphatic heterocycles. The average molecular weight is 308 g/mol. The van der Waals surface area contributed by atoms with Crippen LogP contribution < -0.4 is 4.74 Å². The third kappa shape index (κ3) is 3.60. The summed E-state index contributed by atoms with van der Waals surface area (Å²) in [4.78, 5) is 4.33. The second-order valence-electron chi connectivity index (χ2n) is 5.30. The van der Waals surface area contributed by atoms with Crippen LogP contribution in [0.5, 0.6) is 5.75 Å². The Morgan fingerprint density at radius 3 is 2.52 bits per heavy atom. The average Bonchev–Trinajstić information content (AvgIpc) is 3.04. The first-order chi connectivity index (χ1) is 11.3. The van der Waals surface area contributed by atoms with Gasteiger partial charge in [0.15, 0.2) is 0 Å². The van der Waals surface area contributed by atoms with Crippen molar-refractivity contribution in [1.82, 2.24) is 9.55 Å². The summed E-state index contributed by atoms with van der Waals surface area (Å²) in [5.74, 6) is 1.44. The normalized spacial score (nSPS) is 12.1. The monoisotopic (exact) mass is 308 g/mol. The van der Waals surface area contributed by atoms with Crippen LogP contribution in [0, 0.1) is 0 Å². The fourth-order valence-electron chi connectivity index (χ4n) is 2.54. The Labute approximate surface area is 136 Å². The van der Waals surface area contributed by atoms with Crippen molar-refractivity contribution in [1.29, 1.82) is 0 Å². The Morgan fingerprint density at radius 2 is 1.83 bits per heavy atom. The maximum atomic E-state index is 10.6. The van der Waals surface area contributed by atoms with Gasteiger partial charge in [0.1, 0.15) is 17.7 Å². The molecule has 3 rings (SSSR count). The van der Waals surface area contributed by atoms with Gasteiger partial charge in [-0.2, -0.15) is 0 Å². The number of benzene rings is 2. The highest BCUT2D eigenvalue weighted by atomic mass is 16.5. The molecule has 4 heteroatoms. The Hall–Kier alpha value is -2.59. The van der Waals surface area contributed by atoms with E-state index >= 15 is 0 Å². The number of aliphatic hydroxyl groups is 1. The molecule has 0 amide bonds. The van der Waals surface area contributed by atoms with E-state index in [0.717, 1.165) is 11.3 Å². The lowest BCUT2D eigenvalue weighted by molar-refractivity contribution is 0.205. The third-order valence-electron chi connectivity index (χ3n) is 3.69. The number of nitrogens with zero attached hydrogens (tertiary/aromatic N) is 2. The summed E-state index contributed by atoms with van der Waals surface area (Å²) in [6, 6.07) is 17.6. The molecule has 0 unspecified atom stereocenters. The zero-order valence-electron chi connectivity index (χ0n) is 13.1. The second-order valence-corrected chi connectivity index (χ2v) is 5.30. The molecule has 1 heterocycles. The van der Waals surface area contributed by atoms with Gasteiger partial charge < -0.3 is 14.4 Å². The molecule has 0 saturated carbocycles. The first-order valence-electron chi connectivity index (χ1n) is 7.73. The van der Waals surface area contributed by atoms with Gasteiger partial charge in [-0.25, -0.2) is 4.98 Å². The number of hydrogen-bond donors (Lipinski definition) is 1. The Balaban J connectivity index is 1.80. The summed E-state index contributed by atoms with van der Waals surface area (Å²) in [6.07, 6.45) is 2.85. The van der Waals surface area contributed by atoms with Gasteiger partial charge in [0.2, 0.25) is 0 Å². The number of aromatic nitrogens is 2. The summed E-state index contributed by atoms with van der Waals surface area (Å²) in [5, 5.41) is 10.6. The molecule has 3 aromatic rings. The number of aliphatic hydroxyl groups excluding tert-OH is 1. The maximum Gasteiger partial charge on any atom is 0.142 e. The summed E-state index contributed by atoms with van der Waals surface area (Å²) >= 11 is 0. The number of rotatable bonds is 6. The smallest absolute Gasteiger partial charge is 0.142 e. The van der Waals surface area contributed by atoms with Crippen LogP contribution in [0.15, 0.2) is 67.0 Å². The standard InChI is InChI=1S/C19H20N2O2/c1-2-23-17-10-8-16(9-11-17)18(22)19-20-12-13-21(19)14-15-6-4-3-5-7-15/h3-13,18,22H,2,14H2,1H3/t18-/m0/s1. The molecule has 0 bridgehead atoms. The zero-order chi connectivity index (χ0) is 16.1. The molecule has 0 spiro atoms. The summed E-state index contributed by atoms with van der Waals surface area (Å²) < 4.78 is 7.40. The van der Waals surface area contributed by atoms with Crippen molar-refractivity contribution in [2.45, 2.75) is 19.6 Å². The Morgan fingerprint density at radius 1 is 1.09 bits per heavy atom. The van der Waals surface area contributed by atoms with Crippen LogP contribution in [-0.4, -0.2) is 21.3 Å². The highest BCUT2D eigenvalue weighted by Gasteiger charge is 2.16. The van der Waals surface area contributed by atoms with Crippen molar-refractivity contribution >= 4 is 0 Å². The van der Waals surface area contributed by atoms with Gasteiger partial charge >= 0.3 is 0 Å². The van der Waals surface area contributed by atoms with E-state index in [1.54, 1.807) is 6.20 Å². The Bertz CT molecular complexity index is 736. The van der Waals surface area contributed by atoms with Gasteiger partial charge in [0.05, 0.1) is 6.61 Å². The lowest BCUT2D eigenvalue weighted by atomic mass is 10.1. The zero-order valence-corrected chi connectivity index (χ0v) is 13.1. The van der Waals surface area contributed by atoms with E-state index in [2.05, 4.69) is 17.1 Å². The minimum atomic E-state index is -0.760. The molecular formula is C19H20N2O2. The van der Waals surface area contributed by atoms with E-state index in [1.165, 1.54) is 5.56 Å². The molecule has 0 aliphatic carbocycles. The van der Waals surface area contributed by atoms with Crippen LogP contribution in [-0.2, 0) is 6.54 Å². The van der Waals surface area contributed by atoms with Crippen LogP contribution in [0.2, 0.25) is 0 Å². The van der Waals surface area contributed by atoms with E-state index in [1.807, 2.05) is 60.2 Å². The molecule has 0 fully saturated rings. The highest BCUT2D eigenvalue weighted by Crippen LogP contribution is 2.23. The molecular weight excluding hydrogens is 288 g/mol. The van der Waals surface area contributed by atoms with E-state index in [-0.39, 0.29) is 0 Å². The van der Waals surface area contributed by atoms with Crippen molar-refractivity contribution in [3.63, 3.8) is 0 Å². The van der Waals surface area contributed by atoms with Gasteiger partial charge in [0.25, 0.3) is 0 Å². The molecule has 0 radical (unpaired) electrons. The van der Waals surface area contributed by atoms with Gasteiger partial charge in [-0.15, -0.1) is 0 Å². The molecule has 1 aromatic heterocycles. The maximum absolute atomic E-state index is 10.6. The van der Waals surface area contributed by atoms with E-state index in [4.69, 9.17) is 4.74 Å². The molecule has 23 heavy (non-hydrogen) atoms. The number of hydrogen-bond acceptors (Lipinski definition) is 3. The van der Waals surface area contributed by atoms with Crippen molar-refractivity contribution in [2.24, 2.45) is 0 Å². The van der Waals surface area contributed by atoms with Crippen molar-refractivity contribution in [2.75, 3.05) is 6.61 Å².